The number of aromatic nitrogens is 2. The molecule has 8 nitrogen and oxygen atoms in total. The van der Waals surface area contributed by atoms with Crippen LogP contribution in [0.15, 0.2) is 76.6 Å². The molecule has 0 radical (unpaired) electrons. The molecule has 0 aliphatic heterocycles. The predicted molar refractivity (Wildman–Crippen MR) is 144 cm³/mol. The first-order valence-corrected chi connectivity index (χ1v) is 13.7. The first kappa shape index (κ1) is 26.4. The fourth-order valence-electron chi connectivity index (χ4n) is 3.67. The molecule has 1 N–H and O–H groups in total. The molecule has 0 aliphatic rings. The summed E-state index contributed by atoms with van der Waals surface area (Å²) in [6, 6.07) is 16.5. The zero-order chi connectivity index (χ0) is 26.6. The fourth-order valence-corrected chi connectivity index (χ4v) is 4.50. The van der Waals surface area contributed by atoms with E-state index in [0.717, 1.165) is 16.7 Å². The number of aryl methyl sites for hydroxylation is 2. The molecule has 192 valence electrons. The molecule has 0 spiro atoms. The molecule has 0 fully saturated rings. The smallest absolute Gasteiger partial charge is 0.276 e. The third-order valence-corrected chi connectivity index (χ3v) is 7.70. The Labute approximate surface area is 221 Å². The van der Waals surface area contributed by atoms with E-state index in [0.29, 0.717) is 35.2 Å². The van der Waals surface area contributed by atoms with E-state index in [9.17, 15) is 13.2 Å². The van der Waals surface area contributed by atoms with Gasteiger partial charge in [-0.15, -0.1) is 0 Å². The van der Waals surface area contributed by atoms with Gasteiger partial charge in [0.15, 0.2) is 5.69 Å². The van der Waals surface area contributed by atoms with Crippen LogP contribution in [0.4, 0.5) is 11.4 Å². The van der Waals surface area contributed by atoms with Crippen LogP contribution in [-0.2, 0) is 22.9 Å². The van der Waals surface area contributed by atoms with Gasteiger partial charge in [0.05, 0.1) is 30.4 Å². The molecular formula is C27H27ClN4O4S. The van der Waals surface area contributed by atoms with Crippen LogP contribution in [-0.4, -0.2) is 30.0 Å². The molecule has 0 bridgehead atoms. The summed E-state index contributed by atoms with van der Waals surface area (Å²) >= 11 is 6.06. The lowest BCUT2D eigenvalue weighted by Crippen LogP contribution is -2.27. The van der Waals surface area contributed by atoms with Gasteiger partial charge < -0.3 is 14.6 Å². The summed E-state index contributed by atoms with van der Waals surface area (Å²) in [6.07, 6.45) is 2.94. The van der Waals surface area contributed by atoms with E-state index < -0.39 is 20.9 Å². The summed E-state index contributed by atoms with van der Waals surface area (Å²) in [5.74, 6) is -0.0840. The maximum Gasteiger partial charge on any atom is 0.276 e. The van der Waals surface area contributed by atoms with Crippen molar-refractivity contribution in [3.05, 3.63) is 100 Å². The molecule has 0 saturated carbocycles. The van der Waals surface area contributed by atoms with Gasteiger partial charge in [-0.25, -0.2) is 18.4 Å². The molecule has 37 heavy (non-hydrogen) atoms. The Morgan fingerprint density at radius 3 is 2.46 bits per heavy atom. The average Bonchev–Trinajstić information content (AvgIpc) is 3.40. The van der Waals surface area contributed by atoms with Crippen molar-refractivity contribution in [3.63, 3.8) is 0 Å². The van der Waals surface area contributed by atoms with E-state index in [2.05, 4.69) is 15.3 Å². The largest absolute Gasteiger partial charge is 0.467 e. The van der Waals surface area contributed by atoms with Gasteiger partial charge in [0.2, 0.25) is 15.0 Å². The average molecular weight is 539 g/mol. The highest BCUT2D eigenvalue weighted by molar-refractivity contribution is 7.91. The first-order valence-electron chi connectivity index (χ1n) is 11.7. The van der Waals surface area contributed by atoms with E-state index in [4.69, 9.17) is 16.0 Å². The second-order valence-corrected chi connectivity index (χ2v) is 11.2. The van der Waals surface area contributed by atoms with E-state index in [-0.39, 0.29) is 11.4 Å². The molecule has 2 heterocycles. The fraction of sp³-hybridized carbons (Fsp3) is 0.222. The second kappa shape index (κ2) is 11.1. The number of furan rings is 1. The first-order chi connectivity index (χ1) is 17.7. The Morgan fingerprint density at radius 1 is 1.05 bits per heavy atom. The number of hydrogen-bond donors (Lipinski definition) is 1. The maximum atomic E-state index is 13.5. The molecule has 0 aliphatic carbocycles. The van der Waals surface area contributed by atoms with Crippen molar-refractivity contribution in [2.45, 2.75) is 39.0 Å². The number of benzene rings is 2. The Bertz CT molecular complexity index is 1500. The zero-order valence-corrected chi connectivity index (χ0v) is 22.3. The molecule has 4 aromatic rings. The van der Waals surface area contributed by atoms with Gasteiger partial charge in [0, 0.05) is 17.3 Å². The minimum atomic E-state index is -3.75. The molecule has 2 aromatic heterocycles. The highest BCUT2D eigenvalue weighted by Gasteiger charge is 2.25. The van der Waals surface area contributed by atoms with Crippen molar-refractivity contribution in [2.75, 3.05) is 16.0 Å². The van der Waals surface area contributed by atoms with Crippen LogP contribution in [0.1, 0.15) is 39.9 Å². The SMILES string of the molecule is CCS(=O)(=O)c1ncc(N(Cc2ccc(Cl)cc2)Cc2ccco2)c(C(=O)Nc2ccc(C)c(C)c2)n1. The van der Waals surface area contributed by atoms with Crippen molar-refractivity contribution in [3.8, 4) is 0 Å². The maximum absolute atomic E-state index is 13.5. The summed E-state index contributed by atoms with van der Waals surface area (Å²) in [7, 11) is -3.75. The molecule has 0 atom stereocenters. The topological polar surface area (TPSA) is 105 Å². The third kappa shape index (κ3) is 6.36. The zero-order valence-electron chi connectivity index (χ0n) is 20.7. The van der Waals surface area contributed by atoms with Gasteiger partial charge in [-0.05, 0) is 66.9 Å². The predicted octanol–water partition coefficient (Wildman–Crippen LogP) is 5.59. The Morgan fingerprint density at radius 2 is 1.81 bits per heavy atom. The van der Waals surface area contributed by atoms with Crippen LogP contribution in [0.25, 0.3) is 0 Å². The second-order valence-electron chi connectivity index (χ2n) is 8.60. The lowest BCUT2D eigenvalue weighted by atomic mass is 10.1. The van der Waals surface area contributed by atoms with E-state index in [1.807, 2.05) is 49.1 Å². The van der Waals surface area contributed by atoms with Crippen LogP contribution in [0.3, 0.4) is 0 Å². The highest BCUT2D eigenvalue weighted by atomic mass is 35.5. The van der Waals surface area contributed by atoms with Gasteiger partial charge in [-0.3, -0.25) is 4.79 Å². The molecule has 10 heteroatoms. The Balaban J connectivity index is 1.79. The van der Waals surface area contributed by atoms with Gasteiger partial charge in [0.1, 0.15) is 5.76 Å². The van der Waals surface area contributed by atoms with Crippen LogP contribution in [0, 0.1) is 13.8 Å². The van der Waals surface area contributed by atoms with Crippen LogP contribution in [0.2, 0.25) is 5.02 Å². The van der Waals surface area contributed by atoms with Crippen molar-refractivity contribution >= 4 is 38.7 Å². The van der Waals surface area contributed by atoms with E-state index in [1.54, 1.807) is 30.5 Å². The summed E-state index contributed by atoms with van der Waals surface area (Å²) < 4.78 is 30.7. The molecule has 1 amide bonds. The number of carbonyl (C=O) groups is 1. The van der Waals surface area contributed by atoms with Crippen molar-refractivity contribution in [1.29, 1.82) is 0 Å². The molecular weight excluding hydrogens is 512 g/mol. The van der Waals surface area contributed by atoms with Crippen LogP contribution >= 0.6 is 11.6 Å². The molecule has 0 unspecified atom stereocenters. The minimum Gasteiger partial charge on any atom is -0.467 e. The van der Waals surface area contributed by atoms with E-state index >= 15 is 0 Å². The Hall–Kier alpha value is -3.69. The van der Waals surface area contributed by atoms with Crippen LogP contribution < -0.4 is 10.2 Å². The van der Waals surface area contributed by atoms with Crippen molar-refractivity contribution in [2.24, 2.45) is 0 Å². The summed E-state index contributed by atoms with van der Waals surface area (Å²) in [5, 5.41) is 3.07. The number of anilines is 2. The summed E-state index contributed by atoms with van der Waals surface area (Å²) in [4.78, 5) is 23.8. The van der Waals surface area contributed by atoms with Crippen molar-refractivity contribution in [1.82, 2.24) is 9.97 Å². The van der Waals surface area contributed by atoms with Gasteiger partial charge in [0.25, 0.3) is 5.91 Å². The van der Waals surface area contributed by atoms with E-state index in [1.165, 1.54) is 13.1 Å². The number of nitrogens with one attached hydrogen (secondary N) is 1. The number of rotatable bonds is 9. The normalized spacial score (nSPS) is 11.4. The highest BCUT2D eigenvalue weighted by Crippen LogP contribution is 2.26. The number of amides is 1. The summed E-state index contributed by atoms with van der Waals surface area (Å²) in [5.41, 5.74) is 3.90. The Kier molecular flexibility index (Phi) is 7.94. The third-order valence-electron chi connectivity index (χ3n) is 5.94. The van der Waals surface area contributed by atoms with Gasteiger partial charge in [-0.1, -0.05) is 36.7 Å². The number of sulfone groups is 1. The van der Waals surface area contributed by atoms with Gasteiger partial charge >= 0.3 is 0 Å². The molecule has 4 rings (SSSR count). The van der Waals surface area contributed by atoms with Gasteiger partial charge in [-0.2, -0.15) is 0 Å². The number of halogens is 1. The van der Waals surface area contributed by atoms with Crippen LogP contribution in [0.5, 0.6) is 0 Å². The quantitative estimate of drug-likeness (QED) is 0.277. The summed E-state index contributed by atoms with van der Waals surface area (Å²) in [6.45, 7) is 6.10. The monoisotopic (exact) mass is 538 g/mol. The molecule has 0 saturated heterocycles. The molecule has 2 aromatic carbocycles. The lowest BCUT2D eigenvalue weighted by Gasteiger charge is -2.25. The number of hydrogen-bond acceptors (Lipinski definition) is 7. The minimum absolute atomic E-state index is 0.0548. The lowest BCUT2D eigenvalue weighted by molar-refractivity contribution is 0.102. The van der Waals surface area contributed by atoms with Crippen molar-refractivity contribution < 1.29 is 17.6 Å². The number of nitrogens with zero attached hydrogens (tertiary/aromatic N) is 3. The standard InChI is InChI=1S/C27H27ClN4O4S/c1-4-37(34,35)27-29-15-24(25(31-27)26(33)30-22-12-7-18(2)19(3)14-22)32(17-23-6-5-13-36-23)16-20-8-10-21(28)11-9-20/h5-15H,4,16-17H2,1-3H3,(H,30,33). The number of carbonyl (C=O) groups excluding carboxylic acids is 1.